The highest BCUT2D eigenvalue weighted by Crippen LogP contribution is 2.15. The fourth-order valence-electron chi connectivity index (χ4n) is 1.98. The maximum atomic E-state index is 12.2. The fourth-order valence-corrected chi connectivity index (χ4v) is 1.98. The molecule has 2 rings (SSSR count). The molecule has 1 amide bonds. The predicted octanol–water partition coefficient (Wildman–Crippen LogP) is 3.57. The number of nitrogens with zero attached hydrogens (tertiary/aromatic N) is 1. The van der Waals surface area contributed by atoms with Crippen LogP contribution in [-0.4, -0.2) is 20.0 Å². The lowest BCUT2D eigenvalue weighted by atomic mass is 10.1. The van der Waals surface area contributed by atoms with E-state index in [1.807, 2.05) is 61.5 Å². The zero-order valence-electron chi connectivity index (χ0n) is 12.2. The Bertz CT molecular complexity index is 588. The van der Waals surface area contributed by atoms with Gasteiger partial charge >= 0.3 is 0 Å². The first-order valence-electron chi connectivity index (χ1n) is 6.78. The van der Waals surface area contributed by atoms with Crippen molar-refractivity contribution < 1.29 is 4.79 Å². The summed E-state index contributed by atoms with van der Waals surface area (Å²) in [6.07, 6.45) is 0.960. The van der Waals surface area contributed by atoms with Gasteiger partial charge in [-0.25, -0.2) is 0 Å². The molecule has 0 fully saturated rings. The van der Waals surface area contributed by atoms with Gasteiger partial charge in [-0.15, -0.1) is 0 Å². The van der Waals surface area contributed by atoms with E-state index in [2.05, 4.69) is 18.3 Å². The number of rotatable bonds is 4. The Morgan fingerprint density at radius 1 is 1.10 bits per heavy atom. The number of hydrogen-bond acceptors (Lipinski definition) is 2. The number of nitrogens with one attached hydrogen (secondary N) is 1. The van der Waals surface area contributed by atoms with Gasteiger partial charge in [0.1, 0.15) is 0 Å². The first-order chi connectivity index (χ1) is 9.60. The van der Waals surface area contributed by atoms with E-state index in [9.17, 15) is 4.79 Å². The summed E-state index contributed by atoms with van der Waals surface area (Å²) in [4.78, 5) is 14.2. The van der Waals surface area contributed by atoms with Crippen LogP contribution in [0.25, 0.3) is 0 Å². The summed E-state index contributed by atoms with van der Waals surface area (Å²) >= 11 is 0. The van der Waals surface area contributed by atoms with Gasteiger partial charge in [-0.2, -0.15) is 0 Å². The predicted molar refractivity (Wildman–Crippen MR) is 84.5 cm³/mol. The van der Waals surface area contributed by atoms with Gasteiger partial charge < -0.3 is 10.2 Å². The molecule has 3 nitrogen and oxygen atoms in total. The highest BCUT2D eigenvalue weighted by molar-refractivity contribution is 6.04. The molecule has 104 valence electrons. The zero-order valence-corrected chi connectivity index (χ0v) is 12.2. The molecule has 0 aliphatic heterocycles. The Kier molecular flexibility index (Phi) is 4.41. The topological polar surface area (TPSA) is 32.3 Å². The third kappa shape index (κ3) is 3.38. The molecule has 1 N–H and O–H groups in total. The number of carbonyl (C=O) groups is 1. The smallest absolute Gasteiger partial charge is 0.255 e. The molecule has 0 aliphatic rings. The summed E-state index contributed by atoms with van der Waals surface area (Å²) in [7, 11) is 3.96. The molecular formula is C17H20N2O. The van der Waals surface area contributed by atoms with Crippen molar-refractivity contribution in [1.29, 1.82) is 0 Å². The Labute approximate surface area is 120 Å². The molecule has 0 unspecified atom stereocenters. The maximum absolute atomic E-state index is 12.2. The van der Waals surface area contributed by atoms with Crippen LogP contribution in [0.5, 0.6) is 0 Å². The highest BCUT2D eigenvalue weighted by atomic mass is 16.1. The lowest BCUT2D eigenvalue weighted by molar-refractivity contribution is 0.102. The summed E-state index contributed by atoms with van der Waals surface area (Å²) in [5, 5.41) is 2.93. The van der Waals surface area contributed by atoms with Crippen LogP contribution in [0.15, 0.2) is 48.5 Å². The van der Waals surface area contributed by atoms with E-state index >= 15 is 0 Å². The molecule has 0 spiro atoms. The Hall–Kier alpha value is -2.29. The second kappa shape index (κ2) is 6.24. The van der Waals surface area contributed by atoms with Gasteiger partial charge in [0.2, 0.25) is 0 Å². The second-order valence-corrected chi connectivity index (χ2v) is 4.95. The monoisotopic (exact) mass is 268 g/mol. The molecule has 0 radical (unpaired) electrons. The van der Waals surface area contributed by atoms with E-state index in [-0.39, 0.29) is 5.91 Å². The third-order valence-corrected chi connectivity index (χ3v) is 3.24. The van der Waals surface area contributed by atoms with Crippen LogP contribution in [0.2, 0.25) is 0 Å². The van der Waals surface area contributed by atoms with Crippen molar-refractivity contribution >= 4 is 17.3 Å². The molecule has 0 aromatic heterocycles. The zero-order chi connectivity index (χ0) is 14.5. The fraction of sp³-hybridized carbons (Fsp3) is 0.235. The van der Waals surface area contributed by atoms with Crippen molar-refractivity contribution in [2.24, 2.45) is 0 Å². The van der Waals surface area contributed by atoms with Crippen LogP contribution in [0.3, 0.4) is 0 Å². The van der Waals surface area contributed by atoms with Crippen LogP contribution in [0.1, 0.15) is 22.8 Å². The first kappa shape index (κ1) is 14.1. The van der Waals surface area contributed by atoms with Gasteiger partial charge in [0.05, 0.1) is 0 Å². The molecule has 0 saturated carbocycles. The van der Waals surface area contributed by atoms with Crippen molar-refractivity contribution in [3.8, 4) is 0 Å². The molecule has 0 aliphatic carbocycles. The van der Waals surface area contributed by atoms with Gasteiger partial charge in [0.25, 0.3) is 5.91 Å². The number of aryl methyl sites for hydroxylation is 1. The lowest BCUT2D eigenvalue weighted by Crippen LogP contribution is -2.13. The van der Waals surface area contributed by atoms with Crippen molar-refractivity contribution in [3.05, 3.63) is 59.7 Å². The normalized spacial score (nSPS) is 10.2. The minimum absolute atomic E-state index is 0.0800. The molecule has 20 heavy (non-hydrogen) atoms. The maximum Gasteiger partial charge on any atom is 0.255 e. The van der Waals surface area contributed by atoms with E-state index < -0.39 is 0 Å². The van der Waals surface area contributed by atoms with Gasteiger partial charge in [-0.05, 0) is 48.4 Å². The van der Waals surface area contributed by atoms with Crippen LogP contribution < -0.4 is 10.2 Å². The number of benzene rings is 2. The van der Waals surface area contributed by atoms with Gasteiger partial charge in [-0.3, -0.25) is 4.79 Å². The summed E-state index contributed by atoms with van der Waals surface area (Å²) < 4.78 is 0. The van der Waals surface area contributed by atoms with Gasteiger partial charge in [0, 0.05) is 31.0 Å². The lowest BCUT2D eigenvalue weighted by Gasteiger charge is -2.12. The molecule has 2 aromatic carbocycles. The minimum Gasteiger partial charge on any atom is -0.378 e. The second-order valence-electron chi connectivity index (χ2n) is 4.95. The average Bonchev–Trinajstić information content (AvgIpc) is 2.47. The number of amides is 1. The molecule has 0 saturated heterocycles. The Balaban J connectivity index is 2.11. The van der Waals surface area contributed by atoms with Crippen LogP contribution >= 0.6 is 0 Å². The van der Waals surface area contributed by atoms with E-state index in [1.165, 1.54) is 5.56 Å². The molecule has 0 heterocycles. The van der Waals surface area contributed by atoms with Crippen molar-refractivity contribution in [2.45, 2.75) is 13.3 Å². The Morgan fingerprint density at radius 3 is 2.40 bits per heavy atom. The van der Waals surface area contributed by atoms with Crippen molar-refractivity contribution in [1.82, 2.24) is 0 Å². The molecule has 0 bridgehead atoms. The van der Waals surface area contributed by atoms with Crippen LogP contribution in [0.4, 0.5) is 11.4 Å². The third-order valence-electron chi connectivity index (χ3n) is 3.24. The quantitative estimate of drug-likeness (QED) is 0.919. The number of hydrogen-bond donors (Lipinski definition) is 1. The van der Waals surface area contributed by atoms with E-state index in [4.69, 9.17) is 0 Å². The Morgan fingerprint density at radius 2 is 1.80 bits per heavy atom. The molecule has 2 aromatic rings. The van der Waals surface area contributed by atoms with Gasteiger partial charge in [-0.1, -0.05) is 19.1 Å². The summed E-state index contributed by atoms with van der Waals surface area (Å²) in [6.45, 7) is 2.10. The number of anilines is 2. The van der Waals surface area contributed by atoms with Crippen molar-refractivity contribution in [3.63, 3.8) is 0 Å². The molecule has 0 atom stereocenters. The largest absolute Gasteiger partial charge is 0.378 e. The van der Waals surface area contributed by atoms with Crippen molar-refractivity contribution in [2.75, 3.05) is 24.3 Å². The van der Waals surface area contributed by atoms with Gasteiger partial charge in [0.15, 0.2) is 0 Å². The first-order valence-corrected chi connectivity index (χ1v) is 6.78. The SMILES string of the molecule is CCc1cccc(NC(=O)c2ccc(N(C)C)cc2)c1. The van der Waals surface area contributed by atoms with E-state index in [1.54, 1.807) is 0 Å². The van der Waals surface area contributed by atoms with Crippen LogP contribution in [0, 0.1) is 0 Å². The van der Waals surface area contributed by atoms with E-state index in [0.29, 0.717) is 5.56 Å². The minimum atomic E-state index is -0.0800. The summed E-state index contributed by atoms with van der Waals surface area (Å²) in [5.41, 5.74) is 3.80. The van der Waals surface area contributed by atoms with Crippen LogP contribution in [-0.2, 0) is 6.42 Å². The summed E-state index contributed by atoms with van der Waals surface area (Å²) in [6, 6.07) is 15.5. The summed E-state index contributed by atoms with van der Waals surface area (Å²) in [5.74, 6) is -0.0800. The number of carbonyl (C=O) groups excluding carboxylic acids is 1. The highest BCUT2D eigenvalue weighted by Gasteiger charge is 2.06. The standard InChI is InChI=1S/C17H20N2O/c1-4-13-6-5-7-15(12-13)18-17(20)14-8-10-16(11-9-14)19(2)3/h5-12H,4H2,1-3H3,(H,18,20). The van der Waals surface area contributed by atoms with E-state index in [0.717, 1.165) is 17.8 Å². The molecular weight excluding hydrogens is 248 g/mol. The average molecular weight is 268 g/mol. The molecule has 3 heteroatoms.